The highest BCUT2D eigenvalue weighted by Crippen LogP contribution is 2.40. The molecule has 28 heavy (non-hydrogen) atoms. The van der Waals surface area contributed by atoms with Crippen molar-refractivity contribution in [1.82, 2.24) is 4.90 Å². The van der Waals surface area contributed by atoms with Gasteiger partial charge in [0.15, 0.2) is 0 Å². The minimum atomic E-state index is -0.887. The fraction of sp³-hybridized carbons (Fsp3) is 0.391. The molecule has 0 saturated carbocycles. The van der Waals surface area contributed by atoms with E-state index >= 15 is 0 Å². The Balaban J connectivity index is 1.74. The van der Waals surface area contributed by atoms with Crippen molar-refractivity contribution in [3.8, 4) is 0 Å². The maximum atomic E-state index is 13.9. The largest absolute Gasteiger partial charge is 0.481 e. The second kappa shape index (κ2) is 7.40. The van der Waals surface area contributed by atoms with Crippen LogP contribution in [0.1, 0.15) is 41.0 Å². The molecule has 0 aliphatic carbocycles. The van der Waals surface area contributed by atoms with Crippen molar-refractivity contribution in [1.29, 1.82) is 0 Å². The standard InChI is InChI=1S/C23H25NO4/c1-16-6-2-5-9-20(16)23(10-12-28-13-11-23)22(27)24-14-17-7-3-4-8-18(17)19(15-24)21(25)26/h2-9,19H,10-15H2,1H3,(H,25,26). The smallest absolute Gasteiger partial charge is 0.312 e. The predicted molar refractivity (Wildman–Crippen MR) is 105 cm³/mol. The van der Waals surface area contributed by atoms with E-state index in [1.54, 1.807) is 4.90 Å². The summed E-state index contributed by atoms with van der Waals surface area (Å²) < 4.78 is 5.57. The Kier molecular flexibility index (Phi) is 4.94. The zero-order valence-electron chi connectivity index (χ0n) is 16.1. The summed E-state index contributed by atoms with van der Waals surface area (Å²) in [6.07, 6.45) is 1.24. The molecule has 146 valence electrons. The SMILES string of the molecule is Cc1ccccc1C1(C(=O)N2Cc3ccccc3C(C(=O)O)C2)CCOCC1. The van der Waals surface area contributed by atoms with Crippen LogP contribution in [-0.4, -0.2) is 41.6 Å². The third-order valence-electron chi connectivity index (χ3n) is 6.20. The maximum absolute atomic E-state index is 13.9. The lowest BCUT2D eigenvalue weighted by Gasteiger charge is -2.43. The van der Waals surface area contributed by atoms with Crippen LogP contribution >= 0.6 is 0 Å². The van der Waals surface area contributed by atoms with Gasteiger partial charge in [0.05, 0.1) is 11.3 Å². The average Bonchev–Trinajstić information content (AvgIpc) is 2.73. The molecule has 0 bridgehead atoms. The summed E-state index contributed by atoms with van der Waals surface area (Å²) in [4.78, 5) is 27.5. The number of aryl methyl sites for hydroxylation is 1. The Morgan fingerprint density at radius 3 is 2.46 bits per heavy atom. The van der Waals surface area contributed by atoms with E-state index in [2.05, 4.69) is 0 Å². The number of hydrogen-bond donors (Lipinski definition) is 1. The topological polar surface area (TPSA) is 66.8 Å². The van der Waals surface area contributed by atoms with Crippen LogP contribution in [0.3, 0.4) is 0 Å². The number of carboxylic acid groups (broad SMARTS) is 1. The van der Waals surface area contributed by atoms with Crippen molar-refractivity contribution in [3.63, 3.8) is 0 Å². The van der Waals surface area contributed by atoms with Gasteiger partial charge in [-0.3, -0.25) is 9.59 Å². The van der Waals surface area contributed by atoms with Crippen LogP contribution in [0.2, 0.25) is 0 Å². The number of carboxylic acids is 1. The minimum Gasteiger partial charge on any atom is -0.481 e. The lowest BCUT2D eigenvalue weighted by molar-refractivity contribution is -0.146. The lowest BCUT2D eigenvalue weighted by Crippen LogP contribution is -2.52. The van der Waals surface area contributed by atoms with E-state index in [9.17, 15) is 14.7 Å². The Morgan fingerprint density at radius 2 is 1.75 bits per heavy atom. The number of aliphatic carboxylic acids is 1. The van der Waals surface area contributed by atoms with Crippen molar-refractivity contribution >= 4 is 11.9 Å². The van der Waals surface area contributed by atoms with Crippen LogP contribution in [0.15, 0.2) is 48.5 Å². The van der Waals surface area contributed by atoms with E-state index in [1.165, 1.54) is 0 Å². The number of hydrogen-bond acceptors (Lipinski definition) is 3. The first-order valence-corrected chi connectivity index (χ1v) is 9.77. The molecule has 2 heterocycles. The molecule has 2 aromatic rings. The van der Waals surface area contributed by atoms with Gasteiger partial charge >= 0.3 is 5.97 Å². The molecule has 1 amide bonds. The second-order valence-electron chi connectivity index (χ2n) is 7.78. The normalized spacial score (nSPS) is 21.0. The van der Waals surface area contributed by atoms with Crippen molar-refractivity contribution in [2.75, 3.05) is 19.8 Å². The Labute approximate surface area is 164 Å². The summed E-state index contributed by atoms with van der Waals surface area (Å²) in [5.41, 5.74) is 3.20. The molecule has 2 aliphatic heterocycles. The second-order valence-corrected chi connectivity index (χ2v) is 7.78. The van der Waals surface area contributed by atoms with Crippen LogP contribution < -0.4 is 0 Å². The highest BCUT2D eigenvalue weighted by molar-refractivity contribution is 5.90. The van der Waals surface area contributed by atoms with Gasteiger partial charge in [-0.2, -0.15) is 0 Å². The maximum Gasteiger partial charge on any atom is 0.312 e. The van der Waals surface area contributed by atoms with Crippen LogP contribution in [0, 0.1) is 6.92 Å². The molecule has 1 unspecified atom stereocenters. The van der Waals surface area contributed by atoms with Crippen LogP contribution in [-0.2, 0) is 26.3 Å². The molecule has 4 rings (SSSR count). The number of carbonyl (C=O) groups is 2. The molecule has 0 aromatic heterocycles. The molecule has 1 saturated heterocycles. The van der Waals surface area contributed by atoms with E-state index in [-0.39, 0.29) is 12.5 Å². The van der Waals surface area contributed by atoms with Gasteiger partial charge in [-0.1, -0.05) is 48.5 Å². The summed E-state index contributed by atoms with van der Waals surface area (Å²) in [5.74, 6) is -1.56. The zero-order valence-corrected chi connectivity index (χ0v) is 16.1. The number of amides is 1. The predicted octanol–water partition coefficient (Wildman–Crippen LogP) is 3.25. The number of fused-ring (bicyclic) bond motifs is 1. The third-order valence-corrected chi connectivity index (χ3v) is 6.20. The molecule has 2 aliphatic rings. The van der Waals surface area contributed by atoms with E-state index in [4.69, 9.17) is 4.74 Å². The van der Waals surface area contributed by atoms with Crippen molar-refractivity contribution in [2.45, 2.75) is 37.6 Å². The van der Waals surface area contributed by atoms with Crippen LogP contribution in [0.4, 0.5) is 0 Å². The van der Waals surface area contributed by atoms with Crippen molar-refractivity contribution in [3.05, 3.63) is 70.8 Å². The van der Waals surface area contributed by atoms with E-state index < -0.39 is 17.3 Å². The first-order chi connectivity index (χ1) is 13.5. The molecule has 5 nitrogen and oxygen atoms in total. The Bertz CT molecular complexity index is 901. The molecular weight excluding hydrogens is 354 g/mol. The van der Waals surface area contributed by atoms with E-state index in [1.807, 2.05) is 55.5 Å². The van der Waals surface area contributed by atoms with Crippen LogP contribution in [0.5, 0.6) is 0 Å². The van der Waals surface area contributed by atoms with Crippen molar-refractivity contribution < 1.29 is 19.4 Å². The monoisotopic (exact) mass is 379 g/mol. The molecule has 1 fully saturated rings. The van der Waals surface area contributed by atoms with Gasteiger partial charge in [-0.25, -0.2) is 0 Å². The van der Waals surface area contributed by atoms with Gasteiger partial charge in [-0.05, 0) is 42.0 Å². The van der Waals surface area contributed by atoms with E-state index in [0.717, 1.165) is 22.3 Å². The van der Waals surface area contributed by atoms with Crippen LogP contribution in [0.25, 0.3) is 0 Å². The first kappa shape index (κ1) is 18.7. The highest BCUT2D eigenvalue weighted by Gasteiger charge is 2.46. The molecule has 0 radical (unpaired) electrons. The number of carbonyl (C=O) groups excluding carboxylic acids is 1. The number of rotatable bonds is 3. The van der Waals surface area contributed by atoms with E-state index in [0.29, 0.717) is 32.6 Å². The molecule has 1 N–H and O–H groups in total. The van der Waals surface area contributed by atoms with Gasteiger partial charge in [0.1, 0.15) is 0 Å². The number of nitrogens with zero attached hydrogens (tertiary/aromatic N) is 1. The zero-order chi connectivity index (χ0) is 19.7. The average molecular weight is 379 g/mol. The molecule has 1 atom stereocenters. The van der Waals surface area contributed by atoms with Gasteiger partial charge in [0.25, 0.3) is 0 Å². The summed E-state index contributed by atoms with van der Waals surface area (Å²) in [6.45, 7) is 3.76. The fourth-order valence-electron chi connectivity index (χ4n) is 4.70. The highest BCUT2D eigenvalue weighted by atomic mass is 16.5. The Morgan fingerprint density at radius 1 is 1.07 bits per heavy atom. The summed E-state index contributed by atoms with van der Waals surface area (Å²) in [7, 11) is 0. The van der Waals surface area contributed by atoms with Gasteiger partial charge in [-0.15, -0.1) is 0 Å². The Hall–Kier alpha value is -2.66. The first-order valence-electron chi connectivity index (χ1n) is 9.77. The molecular formula is C23H25NO4. The lowest BCUT2D eigenvalue weighted by atomic mass is 9.71. The molecule has 5 heteroatoms. The van der Waals surface area contributed by atoms with Gasteiger partial charge < -0.3 is 14.7 Å². The summed E-state index contributed by atoms with van der Waals surface area (Å²) >= 11 is 0. The number of benzene rings is 2. The summed E-state index contributed by atoms with van der Waals surface area (Å²) in [6, 6.07) is 15.6. The minimum absolute atomic E-state index is 0.0193. The molecule has 0 spiro atoms. The number of ether oxygens (including phenoxy) is 1. The summed E-state index contributed by atoms with van der Waals surface area (Å²) in [5, 5.41) is 9.76. The quantitative estimate of drug-likeness (QED) is 0.889. The molecule has 2 aromatic carbocycles. The van der Waals surface area contributed by atoms with Gasteiger partial charge in [0.2, 0.25) is 5.91 Å². The van der Waals surface area contributed by atoms with Crippen molar-refractivity contribution in [2.24, 2.45) is 0 Å². The third kappa shape index (κ3) is 3.10. The van der Waals surface area contributed by atoms with Gasteiger partial charge in [0, 0.05) is 26.3 Å². The fourth-order valence-corrected chi connectivity index (χ4v) is 4.70.